The topological polar surface area (TPSA) is 40.5 Å². The number of hydrogen-bond acceptors (Lipinski definition) is 5. The normalized spacial score (nSPS) is 21.8. The van der Waals surface area contributed by atoms with Crippen LogP contribution in [0.25, 0.3) is 10.2 Å². The molecule has 2 heterocycles. The van der Waals surface area contributed by atoms with E-state index in [1.165, 1.54) is 34.7 Å². The van der Waals surface area contributed by atoms with Gasteiger partial charge < -0.3 is 10.2 Å². The number of halogens is 2. The van der Waals surface area contributed by atoms with Crippen molar-refractivity contribution in [2.75, 3.05) is 11.9 Å². The molecule has 4 nitrogen and oxygen atoms in total. The van der Waals surface area contributed by atoms with E-state index in [4.69, 9.17) is 28.2 Å². The largest absolute Gasteiger partial charge is 0.361 e. The number of anilines is 1. The minimum absolute atomic E-state index is 0.484. The lowest BCUT2D eigenvalue weighted by atomic mass is 10.1. The van der Waals surface area contributed by atoms with Gasteiger partial charge in [0, 0.05) is 17.8 Å². The Morgan fingerprint density at radius 2 is 1.83 bits per heavy atom. The van der Waals surface area contributed by atoms with Gasteiger partial charge in [-0.05, 0) is 66.6 Å². The Morgan fingerprint density at radius 3 is 2.67 bits per heavy atom. The van der Waals surface area contributed by atoms with Crippen molar-refractivity contribution in [2.24, 2.45) is 4.99 Å². The molecule has 0 bridgehead atoms. The summed E-state index contributed by atoms with van der Waals surface area (Å²) >= 11 is 15.8. The number of thiazole rings is 1. The second kappa shape index (κ2) is 9.25. The Morgan fingerprint density at radius 1 is 1.03 bits per heavy atom. The molecule has 2 aliphatic carbocycles. The summed E-state index contributed by atoms with van der Waals surface area (Å²) < 4.78 is 1.04. The zero-order chi connectivity index (χ0) is 24.2. The molecule has 8 heteroatoms. The van der Waals surface area contributed by atoms with Gasteiger partial charge in [0.25, 0.3) is 0 Å². The summed E-state index contributed by atoms with van der Waals surface area (Å²) in [5, 5.41) is 7.21. The van der Waals surface area contributed by atoms with Crippen LogP contribution in [0.2, 0.25) is 10.0 Å². The van der Waals surface area contributed by atoms with Crippen molar-refractivity contribution in [3.63, 3.8) is 0 Å². The summed E-state index contributed by atoms with van der Waals surface area (Å²) in [6.07, 6.45) is 4.63. The van der Waals surface area contributed by atoms with E-state index in [0.717, 1.165) is 40.4 Å². The zero-order valence-corrected chi connectivity index (χ0v) is 22.6. The van der Waals surface area contributed by atoms with Gasteiger partial charge in [-0.3, -0.25) is 0 Å². The van der Waals surface area contributed by atoms with E-state index < -0.39 is 0 Å². The summed E-state index contributed by atoms with van der Waals surface area (Å²) in [6, 6.07) is 22.5. The molecular weight excluding hydrogens is 527 g/mol. The van der Waals surface area contributed by atoms with Crippen molar-refractivity contribution in [1.82, 2.24) is 9.88 Å². The summed E-state index contributed by atoms with van der Waals surface area (Å²) in [5.74, 6) is 0. The number of aromatic nitrogens is 1. The first-order valence-corrected chi connectivity index (χ1v) is 14.8. The lowest BCUT2D eigenvalue weighted by Gasteiger charge is -2.26. The van der Waals surface area contributed by atoms with Crippen LogP contribution >= 0.6 is 46.3 Å². The van der Waals surface area contributed by atoms with Crippen molar-refractivity contribution >= 4 is 72.5 Å². The summed E-state index contributed by atoms with van der Waals surface area (Å²) in [7, 11) is 0. The highest BCUT2D eigenvalue weighted by molar-refractivity contribution is 8.14. The van der Waals surface area contributed by atoms with Crippen LogP contribution < -0.4 is 5.32 Å². The fourth-order valence-electron chi connectivity index (χ4n) is 5.27. The Balaban J connectivity index is 1.02. The molecule has 36 heavy (non-hydrogen) atoms. The minimum atomic E-state index is 0.484. The number of aliphatic imine (C=N–C) groups is 1. The number of amidine groups is 1. The number of benzene rings is 3. The average molecular weight is 552 g/mol. The van der Waals surface area contributed by atoms with Crippen LogP contribution in [0, 0.1) is 0 Å². The van der Waals surface area contributed by atoms with E-state index in [-0.39, 0.29) is 0 Å². The highest BCUT2D eigenvalue weighted by Crippen LogP contribution is 2.53. The molecule has 3 aromatic carbocycles. The Labute approximate surface area is 228 Å². The molecule has 7 rings (SSSR count). The predicted molar refractivity (Wildman–Crippen MR) is 154 cm³/mol. The molecule has 0 spiro atoms. The molecule has 1 saturated carbocycles. The smallest absolute Gasteiger partial charge is 0.183 e. The van der Waals surface area contributed by atoms with Crippen molar-refractivity contribution in [3.8, 4) is 0 Å². The number of hydrogen-bond donors (Lipinski definition) is 1. The average Bonchev–Trinajstić information content (AvgIpc) is 3.41. The number of thioether (sulfide) groups is 1. The predicted octanol–water partition coefficient (Wildman–Crippen LogP) is 8.12. The maximum Gasteiger partial charge on any atom is 0.183 e. The van der Waals surface area contributed by atoms with E-state index in [0.29, 0.717) is 27.4 Å². The maximum atomic E-state index is 6.13. The number of rotatable bonds is 6. The molecule has 2 fully saturated rings. The summed E-state index contributed by atoms with van der Waals surface area (Å²) in [5.41, 5.74) is 6.21. The standard InChI is InChI=1S/C28H24Cl2N4S2/c29-21-14-23-24(15-22(21)30)35-27(33-23)31-12-11-16-5-7-18(8-6-16)32-28-34(19-9-10-19)26-20-4-2-1-3-17(20)13-25(26)36-28/h1-8,14-15,19,25-26H,9-13H2,(H,31,33)/t25?,26-/m0/s1. The molecular formula is C28H24Cl2N4S2. The third kappa shape index (κ3) is 4.28. The van der Waals surface area contributed by atoms with Crippen molar-refractivity contribution < 1.29 is 0 Å². The summed E-state index contributed by atoms with van der Waals surface area (Å²) in [6.45, 7) is 0.809. The zero-order valence-electron chi connectivity index (χ0n) is 19.5. The van der Waals surface area contributed by atoms with E-state index in [9.17, 15) is 0 Å². The molecule has 1 unspecified atom stereocenters. The van der Waals surface area contributed by atoms with Gasteiger partial charge in [-0.1, -0.05) is 82.7 Å². The molecule has 1 aromatic heterocycles. The quantitative estimate of drug-likeness (QED) is 0.263. The van der Waals surface area contributed by atoms with Crippen LogP contribution in [-0.4, -0.2) is 32.9 Å². The van der Waals surface area contributed by atoms with Gasteiger partial charge in [0.2, 0.25) is 0 Å². The van der Waals surface area contributed by atoms with Gasteiger partial charge in [-0.25, -0.2) is 9.98 Å². The van der Waals surface area contributed by atoms with Gasteiger partial charge >= 0.3 is 0 Å². The van der Waals surface area contributed by atoms with Crippen LogP contribution in [0.3, 0.4) is 0 Å². The third-order valence-corrected chi connectivity index (χ3v) is 10.1. The lowest BCUT2D eigenvalue weighted by molar-refractivity contribution is 0.330. The lowest BCUT2D eigenvalue weighted by Crippen LogP contribution is -2.30. The van der Waals surface area contributed by atoms with E-state index >= 15 is 0 Å². The molecule has 0 amide bonds. The van der Waals surface area contributed by atoms with Gasteiger partial charge in [-0.2, -0.15) is 0 Å². The van der Waals surface area contributed by atoms with E-state index in [1.807, 2.05) is 23.9 Å². The van der Waals surface area contributed by atoms with Gasteiger partial charge in [-0.15, -0.1) is 0 Å². The summed E-state index contributed by atoms with van der Waals surface area (Å²) in [4.78, 5) is 12.4. The molecule has 182 valence electrons. The number of nitrogens with one attached hydrogen (secondary N) is 1. The Hall–Kier alpha value is -2.25. The van der Waals surface area contributed by atoms with Crippen LogP contribution in [0.1, 0.15) is 35.6 Å². The fourth-order valence-corrected chi connectivity index (χ4v) is 8.05. The molecule has 1 aliphatic heterocycles. The molecule has 4 aromatic rings. The first kappa shape index (κ1) is 22.9. The van der Waals surface area contributed by atoms with E-state index in [2.05, 4.69) is 63.7 Å². The van der Waals surface area contributed by atoms with Gasteiger partial charge in [0.1, 0.15) is 0 Å². The Bertz CT molecular complexity index is 1440. The van der Waals surface area contributed by atoms with Gasteiger partial charge in [0.05, 0.1) is 32.0 Å². The van der Waals surface area contributed by atoms with Crippen LogP contribution in [0.4, 0.5) is 10.8 Å². The van der Waals surface area contributed by atoms with E-state index in [1.54, 1.807) is 11.3 Å². The second-order valence-electron chi connectivity index (χ2n) is 9.63. The number of nitrogens with zero attached hydrogens (tertiary/aromatic N) is 3. The molecule has 3 aliphatic rings. The third-order valence-electron chi connectivity index (χ3n) is 7.15. The SMILES string of the molecule is Clc1cc2nc(NCCc3ccc(N=C4SC5Cc6ccccc6[C@@H]5N4C4CC4)cc3)sc2cc1Cl. The fraction of sp³-hybridized carbons (Fsp3) is 0.286. The minimum Gasteiger partial charge on any atom is -0.361 e. The number of fused-ring (bicyclic) bond motifs is 4. The van der Waals surface area contributed by atoms with Crippen LogP contribution in [-0.2, 0) is 12.8 Å². The highest BCUT2D eigenvalue weighted by atomic mass is 35.5. The van der Waals surface area contributed by atoms with Crippen LogP contribution in [0.5, 0.6) is 0 Å². The van der Waals surface area contributed by atoms with Crippen LogP contribution in [0.15, 0.2) is 65.7 Å². The second-order valence-corrected chi connectivity index (χ2v) is 12.7. The first-order chi connectivity index (χ1) is 17.6. The maximum absolute atomic E-state index is 6.13. The first-order valence-electron chi connectivity index (χ1n) is 12.3. The molecule has 2 atom stereocenters. The van der Waals surface area contributed by atoms with Crippen molar-refractivity contribution in [2.45, 2.75) is 43.0 Å². The van der Waals surface area contributed by atoms with Gasteiger partial charge in [0.15, 0.2) is 10.3 Å². The van der Waals surface area contributed by atoms with Crippen molar-refractivity contribution in [1.29, 1.82) is 0 Å². The monoisotopic (exact) mass is 550 g/mol. The van der Waals surface area contributed by atoms with Crippen molar-refractivity contribution in [3.05, 3.63) is 87.4 Å². The Kier molecular flexibility index (Phi) is 5.88. The molecule has 1 N–H and O–H groups in total. The highest BCUT2D eigenvalue weighted by Gasteiger charge is 2.50. The molecule has 0 radical (unpaired) electrons. The molecule has 1 saturated heterocycles.